The van der Waals surface area contributed by atoms with Crippen LogP contribution < -0.4 is 4.74 Å². The number of nitrogens with zero attached hydrogens (tertiary/aromatic N) is 2. The number of hydrogen-bond acceptors (Lipinski definition) is 5. The van der Waals surface area contributed by atoms with E-state index >= 15 is 0 Å². The Morgan fingerprint density at radius 1 is 1.14 bits per heavy atom. The molecule has 0 aliphatic carbocycles. The largest absolute Gasteiger partial charge is 0.439 e. The molecule has 0 saturated carbocycles. The van der Waals surface area contributed by atoms with E-state index in [1.54, 1.807) is 13.2 Å². The molecule has 0 spiro atoms. The van der Waals surface area contributed by atoms with Crippen molar-refractivity contribution in [2.24, 2.45) is 0 Å². The molecule has 21 heavy (non-hydrogen) atoms. The van der Waals surface area contributed by atoms with Crippen LogP contribution in [0.4, 0.5) is 0 Å². The number of ether oxygens (including phenoxy) is 3. The zero-order valence-corrected chi connectivity index (χ0v) is 12.8. The highest BCUT2D eigenvalue weighted by Crippen LogP contribution is 2.23. The van der Waals surface area contributed by atoms with E-state index in [0.29, 0.717) is 42.4 Å². The minimum absolute atomic E-state index is 0.303. The fraction of sp³-hybridized carbons (Fsp3) is 0.333. The number of benzene rings is 1. The van der Waals surface area contributed by atoms with Gasteiger partial charge in [0.1, 0.15) is 17.5 Å². The van der Waals surface area contributed by atoms with Crippen molar-refractivity contribution in [3.8, 4) is 11.6 Å². The van der Waals surface area contributed by atoms with Crippen LogP contribution in [0, 0.1) is 0 Å². The molecule has 1 aromatic heterocycles. The fourth-order valence-electron chi connectivity index (χ4n) is 1.74. The normalized spacial score (nSPS) is 10.6. The van der Waals surface area contributed by atoms with Crippen LogP contribution in [0.2, 0.25) is 5.15 Å². The zero-order chi connectivity index (χ0) is 15.1. The van der Waals surface area contributed by atoms with Gasteiger partial charge < -0.3 is 14.2 Å². The lowest BCUT2D eigenvalue weighted by Crippen LogP contribution is -2.01. The molecule has 1 aromatic carbocycles. The van der Waals surface area contributed by atoms with Crippen LogP contribution in [-0.4, -0.2) is 23.7 Å². The van der Waals surface area contributed by atoms with Gasteiger partial charge in [-0.25, -0.2) is 4.98 Å². The molecule has 5 nitrogen and oxygen atoms in total. The third-order valence-electron chi connectivity index (χ3n) is 2.58. The third-order valence-corrected chi connectivity index (χ3v) is 2.78. The molecule has 0 unspecified atom stereocenters. The summed E-state index contributed by atoms with van der Waals surface area (Å²) in [5.74, 6) is 1.55. The molecule has 0 aliphatic heterocycles. The lowest BCUT2D eigenvalue weighted by Gasteiger charge is -2.08. The van der Waals surface area contributed by atoms with Crippen molar-refractivity contribution in [2.45, 2.75) is 20.1 Å². The van der Waals surface area contributed by atoms with Crippen LogP contribution in [-0.2, 0) is 22.7 Å². The summed E-state index contributed by atoms with van der Waals surface area (Å²) < 4.78 is 16.1. The van der Waals surface area contributed by atoms with Gasteiger partial charge in [-0.15, -0.1) is 0 Å². The Balaban J connectivity index is 2.14. The molecule has 0 bridgehead atoms. The van der Waals surface area contributed by atoms with Crippen LogP contribution in [0.1, 0.15) is 18.3 Å². The molecule has 0 N–H and O–H groups in total. The smallest absolute Gasteiger partial charge is 0.224 e. The summed E-state index contributed by atoms with van der Waals surface area (Å²) in [6, 6.07) is 9.16. The number of halogens is 1. The van der Waals surface area contributed by atoms with Crippen molar-refractivity contribution < 1.29 is 14.2 Å². The van der Waals surface area contributed by atoms with Crippen LogP contribution >= 0.6 is 11.6 Å². The molecular formula is C15H17ClN2O3. The summed E-state index contributed by atoms with van der Waals surface area (Å²) in [7, 11) is 1.65. The van der Waals surface area contributed by atoms with Gasteiger partial charge in [0.15, 0.2) is 5.82 Å². The van der Waals surface area contributed by atoms with E-state index in [0.717, 1.165) is 5.56 Å². The highest BCUT2D eigenvalue weighted by Gasteiger charge is 2.06. The highest BCUT2D eigenvalue weighted by molar-refractivity contribution is 6.29. The maximum absolute atomic E-state index is 5.97. The minimum Gasteiger partial charge on any atom is -0.439 e. The van der Waals surface area contributed by atoms with E-state index < -0.39 is 0 Å². The molecule has 0 radical (unpaired) electrons. The quantitative estimate of drug-likeness (QED) is 0.731. The maximum atomic E-state index is 5.97. The molecular weight excluding hydrogens is 292 g/mol. The molecule has 0 fully saturated rings. The molecule has 0 aliphatic rings. The highest BCUT2D eigenvalue weighted by atomic mass is 35.5. The van der Waals surface area contributed by atoms with Gasteiger partial charge in [-0.3, -0.25) is 0 Å². The molecule has 0 amide bonds. The number of aromatic nitrogens is 2. The van der Waals surface area contributed by atoms with E-state index in [4.69, 9.17) is 25.8 Å². The molecule has 2 rings (SSSR count). The van der Waals surface area contributed by atoms with Gasteiger partial charge in [0.25, 0.3) is 0 Å². The van der Waals surface area contributed by atoms with Crippen molar-refractivity contribution >= 4 is 11.6 Å². The van der Waals surface area contributed by atoms with Gasteiger partial charge in [-0.2, -0.15) is 4.98 Å². The van der Waals surface area contributed by atoms with Crippen LogP contribution in [0.25, 0.3) is 0 Å². The van der Waals surface area contributed by atoms with Gasteiger partial charge >= 0.3 is 0 Å². The van der Waals surface area contributed by atoms with Gasteiger partial charge in [0, 0.05) is 19.8 Å². The summed E-state index contributed by atoms with van der Waals surface area (Å²) >= 11 is 5.97. The zero-order valence-electron chi connectivity index (χ0n) is 12.0. The second-order valence-electron chi connectivity index (χ2n) is 4.26. The van der Waals surface area contributed by atoms with E-state index in [2.05, 4.69) is 9.97 Å². The van der Waals surface area contributed by atoms with E-state index in [-0.39, 0.29) is 0 Å². The van der Waals surface area contributed by atoms with Crippen molar-refractivity contribution in [2.75, 3.05) is 13.7 Å². The lowest BCUT2D eigenvalue weighted by atomic mass is 10.2. The minimum atomic E-state index is 0.303. The first kappa shape index (κ1) is 15.7. The number of rotatable bonds is 7. The second-order valence-corrected chi connectivity index (χ2v) is 4.65. The topological polar surface area (TPSA) is 53.5 Å². The first-order chi connectivity index (χ1) is 10.2. The van der Waals surface area contributed by atoms with E-state index in [1.807, 2.05) is 31.2 Å². The lowest BCUT2D eigenvalue weighted by molar-refractivity contribution is 0.128. The summed E-state index contributed by atoms with van der Waals surface area (Å²) in [6.07, 6.45) is 0. The maximum Gasteiger partial charge on any atom is 0.224 e. The van der Waals surface area contributed by atoms with Crippen LogP contribution in [0.15, 0.2) is 30.3 Å². The molecule has 0 saturated heterocycles. The average molecular weight is 309 g/mol. The SMILES string of the molecule is CCOCc1nc(Cl)cc(Oc2cccc(COC)c2)n1. The van der Waals surface area contributed by atoms with Gasteiger partial charge in [-0.05, 0) is 24.6 Å². The molecule has 1 heterocycles. The van der Waals surface area contributed by atoms with Gasteiger partial charge in [0.2, 0.25) is 5.88 Å². The Bertz CT molecular complexity index is 593. The standard InChI is InChI=1S/C15H17ClN2O3/c1-3-20-10-14-17-13(16)8-15(18-14)21-12-6-4-5-11(7-12)9-19-2/h4-8H,3,9-10H2,1-2H3. The van der Waals surface area contributed by atoms with Crippen molar-refractivity contribution in [3.05, 3.63) is 46.9 Å². The average Bonchev–Trinajstić information content (AvgIpc) is 2.45. The second kappa shape index (κ2) is 7.93. The van der Waals surface area contributed by atoms with E-state index in [9.17, 15) is 0 Å². The predicted molar refractivity (Wildman–Crippen MR) is 79.6 cm³/mol. The predicted octanol–water partition coefficient (Wildman–Crippen LogP) is 3.61. The fourth-order valence-corrected chi connectivity index (χ4v) is 1.93. The molecule has 112 valence electrons. The van der Waals surface area contributed by atoms with E-state index in [1.165, 1.54) is 0 Å². The molecule has 0 atom stereocenters. The Morgan fingerprint density at radius 2 is 2.00 bits per heavy atom. The Kier molecular flexibility index (Phi) is 5.92. The van der Waals surface area contributed by atoms with Crippen LogP contribution in [0.5, 0.6) is 11.6 Å². The third kappa shape index (κ3) is 4.97. The first-order valence-electron chi connectivity index (χ1n) is 6.58. The van der Waals surface area contributed by atoms with Gasteiger partial charge in [0.05, 0.1) is 6.61 Å². The van der Waals surface area contributed by atoms with Gasteiger partial charge in [-0.1, -0.05) is 23.7 Å². The monoisotopic (exact) mass is 308 g/mol. The van der Waals surface area contributed by atoms with Crippen molar-refractivity contribution in [3.63, 3.8) is 0 Å². The summed E-state index contributed by atoms with van der Waals surface area (Å²) in [6.45, 7) is 3.32. The van der Waals surface area contributed by atoms with Crippen LogP contribution in [0.3, 0.4) is 0 Å². The summed E-state index contributed by atoms with van der Waals surface area (Å²) in [5.41, 5.74) is 1.02. The Hall–Kier alpha value is -1.69. The number of methoxy groups -OCH3 is 1. The summed E-state index contributed by atoms with van der Waals surface area (Å²) in [5, 5.41) is 0.322. The number of hydrogen-bond donors (Lipinski definition) is 0. The summed E-state index contributed by atoms with van der Waals surface area (Å²) in [4.78, 5) is 8.36. The first-order valence-corrected chi connectivity index (χ1v) is 6.96. The van der Waals surface area contributed by atoms with Crippen molar-refractivity contribution in [1.29, 1.82) is 0 Å². The Labute approximate surface area is 128 Å². The molecule has 6 heteroatoms. The van der Waals surface area contributed by atoms with Crippen molar-refractivity contribution in [1.82, 2.24) is 9.97 Å². The molecule has 2 aromatic rings. The Morgan fingerprint density at radius 3 is 2.76 bits per heavy atom.